The number of nitrogens with zero attached hydrogens (tertiary/aromatic N) is 2. The molecule has 0 atom stereocenters. The van der Waals surface area contributed by atoms with Crippen molar-refractivity contribution in [3.63, 3.8) is 0 Å². The molecule has 2 aromatic rings. The number of carbonyl (C=O) groups excluding carboxylic acids is 2. The lowest BCUT2D eigenvalue weighted by atomic mass is 10.1. The Kier molecular flexibility index (Phi) is 5.16. The quantitative estimate of drug-likeness (QED) is 0.908. The van der Waals surface area contributed by atoms with Crippen molar-refractivity contribution in [3.8, 4) is 0 Å². The van der Waals surface area contributed by atoms with E-state index in [4.69, 9.17) is 0 Å². The van der Waals surface area contributed by atoms with E-state index in [1.807, 2.05) is 13.8 Å². The third kappa shape index (κ3) is 3.59. The first-order chi connectivity index (χ1) is 11.0. The standard InChI is InChI=1S/C17H21N3O3/c1-4-20(5-2)16(22)11-19(3)17(23)13-10-15(21)18-14-9-7-6-8-12(13)14/h6-10H,4-5,11H2,1-3H3,(H,18,21). The van der Waals surface area contributed by atoms with Gasteiger partial charge in [-0.05, 0) is 19.9 Å². The average Bonchev–Trinajstić information content (AvgIpc) is 2.54. The van der Waals surface area contributed by atoms with Crippen molar-refractivity contribution in [1.29, 1.82) is 0 Å². The highest BCUT2D eigenvalue weighted by Crippen LogP contribution is 2.16. The van der Waals surface area contributed by atoms with Gasteiger partial charge in [0.15, 0.2) is 0 Å². The number of hydrogen-bond donors (Lipinski definition) is 1. The number of H-pyrrole nitrogens is 1. The number of amides is 2. The van der Waals surface area contributed by atoms with Crippen molar-refractivity contribution >= 4 is 22.7 Å². The molecular weight excluding hydrogens is 294 g/mol. The van der Waals surface area contributed by atoms with E-state index in [1.165, 1.54) is 11.0 Å². The molecule has 6 nitrogen and oxygen atoms in total. The van der Waals surface area contributed by atoms with Crippen LogP contribution in [0.15, 0.2) is 35.1 Å². The van der Waals surface area contributed by atoms with Crippen molar-refractivity contribution in [3.05, 3.63) is 46.2 Å². The Morgan fingerprint density at radius 2 is 1.78 bits per heavy atom. The van der Waals surface area contributed by atoms with E-state index in [1.54, 1.807) is 36.2 Å². The van der Waals surface area contributed by atoms with Crippen LogP contribution in [-0.2, 0) is 4.79 Å². The topological polar surface area (TPSA) is 73.5 Å². The van der Waals surface area contributed by atoms with Crippen LogP contribution in [-0.4, -0.2) is 53.3 Å². The molecule has 23 heavy (non-hydrogen) atoms. The zero-order valence-corrected chi connectivity index (χ0v) is 13.6. The van der Waals surface area contributed by atoms with Crippen LogP contribution >= 0.6 is 0 Å². The van der Waals surface area contributed by atoms with Gasteiger partial charge in [0.05, 0.1) is 12.1 Å². The van der Waals surface area contributed by atoms with Crippen molar-refractivity contribution in [2.45, 2.75) is 13.8 Å². The lowest BCUT2D eigenvalue weighted by Gasteiger charge is -2.23. The fourth-order valence-corrected chi connectivity index (χ4v) is 2.54. The molecule has 1 aromatic carbocycles. The number of benzene rings is 1. The second kappa shape index (κ2) is 7.09. The zero-order chi connectivity index (χ0) is 17.0. The van der Waals surface area contributed by atoms with Crippen LogP contribution in [0.1, 0.15) is 24.2 Å². The number of rotatable bonds is 5. The average molecular weight is 315 g/mol. The Morgan fingerprint density at radius 3 is 2.43 bits per heavy atom. The molecule has 2 rings (SSSR count). The molecule has 0 saturated heterocycles. The Morgan fingerprint density at radius 1 is 1.13 bits per heavy atom. The Balaban J connectivity index is 2.30. The molecule has 1 N–H and O–H groups in total. The van der Waals surface area contributed by atoms with Gasteiger partial charge in [0.2, 0.25) is 11.5 Å². The first-order valence-corrected chi connectivity index (χ1v) is 7.63. The number of nitrogens with one attached hydrogen (secondary N) is 1. The normalized spacial score (nSPS) is 10.6. The van der Waals surface area contributed by atoms with Crippen molar-refractivity contribution in [2.24, 2.45) is 0 Å². The summed E-state index contributed by atoms with van der Waals surface area (Å²) in [4.78, 5) is 42.3. The molecule has 0 aliphatic rings. The molecule has 0 fully saturated rings. The van der Waals surface area contributed by atoms with Gasteiger partial charge in [-0.25, -0.2) is 0 Å². The zero-order valence-electron chi connectivity index (χ0n) is 13.6. The predicted octanol–water partition coefficient (Wildman–Crippen LogP) is 1.47. The third-order valence-corrected chi connectivity index (χ3v) is 3.82. The first kappa shape index (κ1) is 16.7. The smallest absolute Gasteiger partial charge is 0.254 e. The van der Waals surface area contributed by atoms with Gasteiger partial charge in [-0.15, -0.1) is 0 Å². The van der Waals surface area contributed by atoms with E-state index in [0.29, 0.717) is 29.6 Å². The summed E-state index contributed by atoms with van der Waals surface area (Å²) in [5.41, 5.74) is 0.571. The Hall–Kier alpha value is -2.63. The predicted molar refractivity (Wildman–Crippen MR) is 89.5 cm³/mol. The van der Waals surface area contributed by atoms with E-state index >= 15 is 0 Å². The van der Waals surface area contributed by atoms with E-state index in [9.17, 15) is 14.4 Å². The molecule has 0 spiro atoms. The summed E-state index contributed by atoms with van der Waals surface area (Å²) in [6.07, 6.45) is 0. The molecule has 122 valence electrons. The molecular formula is C17H21N3O3. The summed E-state index contributed by atoms with van der Waals surface area (Å²) in [7, 11) is 1.57. The fraction of sp³-hybridized carbons (Fsp3) is 0.353. The van der Waals surface area contributed by atoms with E-state index < -0.39 is 0 Å². The fourth-order valence-electron chi connectivity index (χ4n) is 2.54. The third-order valence-electron chi connectivity index (χ3n) is 3.82. The summed E-state index contributed by atoms with van der Waals surface area (Å²) < 4.78 is 0. The van der Waals surface area contributed by atoms with Crippen LogP contribution in [0, 0.1) is 0 Å². The van der Waals surface area contributed by atoms with Gasteiger partial charge in [-0.2, -0.15) is 0 Å². The van der Waals surface area contributed by atoms with Gasteiger partial charge in [0, 0.05) is 37.1 Å². The maximum atomic E-state index is 12.6. The van der Waals surface area contributed by atoms with Gasteiger partial charge in [0.25, 0.3) is 5.91 Å². The second-order valence-electron chi connectivity index (χ2n) is 5.32. The number of aromatic amines is 1. The molecule has 0 radical (unpaired) electrons. The highest BCUT2D eigenvalue weighted by Gasteiger charge is 2.20. The molecule has 0 unspecified atom stereocenters. The van der Waals surface area contributed by atoms with Gasteiger partial charge in [-0.3, -0.25) is 14.4 Å². The Bertz CT molecular complexity index is 778. The molecule has 0 bridgehead atoms. The maximum absolute atomic E-state index is 12.6. The number of pyridine rings is 1. The number of para-hydroxylation sites is 1. The molecule has 0 aliphatic heterocycles. The second-order valence-corrected chi connectivity index (χ2v) is 5.32. The van der Waals surface area contributed by atoms with Crippen LogP contribution in [0.4, 0.5) is 0 Å². The lowest BCUT2D eigenvalue weighted by Crippen LogP contribution is -2.41. The van der Waals surface area contributed by atoms with Gasteiger partial charge in [0.1, 0.15) is 0 Å². The largest absolute Gasteiger partial charge is 0.342 e. The van der Waals surface area contributed by atoms with Crippen molar-refractivity contribution in [1.82, 2.24) is 14.8 Å². The highest BCUT2D eigenvalue weighted by molar-refractivity contribution is 6.06. The summed E-state index contributed by atoms with van der Waals surface area (Å²) in [5, 5.41) is 0.666. The van der Waals surface area contributed by atoms with Crippen molar-refractivity contribution in [2.75, 3.05) is 26.7 Å². The molecule has 1 aromatic heterocycles. The summed E-state index contributed by atoms with van der Waals surface area (Å²) in [5.74, 6) is -0.451. The van der Waals surface area contributed by atoms with Crippen LogP contribution in [0.5, 0.6) is 0 Å². The molecule has 1 heterocycles. The summed E-state index contributed by atoms with van der Waals surface area (Å²) >= 11 is 0. The summed E-state index contributed by atoms with van der Waals surface area (Å²) in [6.45, 7) is 4.99. The van der Waals surface area contributed by atoms with Crippen LogP contribution in [0.2, 0.25) is 0 Å². The lowest BCUT2D eigenvalue weighted by molar-refractivity contribution is -0.131. The SMILES string of the molecule is CCN(CC)C(=O)CN(C)C(=O)c1cc(=O)[nH]c2ccccc12. The van der Waals surface area contributed by atoms with E-state index in [-0.39, 0.29) is 23.9 Å². The number of likely N-dealkylation sites (N-methyl/N-ethyl adjacent to an activating group) is 2. The molecule has 0 aliphatic carbocycles. The minimum atomic E-state index is -0.340. The molecule has 6 heteroatoms. The van der Waals surface area contributed by atoms with Gasteiger partial charge in [-0.1, -0.05) is 18.2 Å². The monoisotopic (exact) mass is 315 g/mol. The van der Waals surface area contributed by atoms with Gasteiger partial charge >= 0.3 is 0 Å². The van der Waals surface area contributed by atoms with E-state index in [0.717, 1.165) is 0 Å². The summed E-state index contributed by atoms with van der Waals surface area (Å²) in [6, 6.07) is 8.40. The molecule has 2 amide bonds. The molecule has 0 saturated carbocycles. The van der Waals surface area contributed by atoms with Gasteiger partial charge < -0.3 is 14.8 Å². The number of carbonyl (C=O) groups is 2. The maximum Gasteiger partial charge on any atom is 0.254 e. The Labute approximate surface area is 134 Å². The number of fused-ring (bicyclic) bond motifs is 1. The minimum Gasteiger partial charge on any atom is -0.342 e. The number of aromatic nitrogens is 1. The highest BCUT2D eigenvalue weighted by atomic mass is 16.2. The van der Waals surface area contributed by atoms with Crippen LogP contribution in [0.3, 0.4) is 0 Å². The number of hydrogen-bond acceptors (Lipinski definition) is 3. The first-order valence-electron chi connectivity index (χ1n) is 7.63. The van der Waals surface area contributed by atoms with Crippen molar-refractivity contribution < 1.29 is 9.59 Å². The van der Waals surface area contributed by atoms with Crippen LogP contribution < -0.4 is 5.56 Å². The van der Waals surface area contributed by atoms with Crippen LogP contribution in [0.25, 0.3) is 10.9 Å². The minimum absolute atomic E-state index is 0.0123. The van der Waals surface area contributed by atoms with E-state index in [2.05, 4.69) is 4.98 Å².